The number of methoxy groups -OCH3 is 1. The van der Waals surface area contributed by atoms with Crippen molar-refractivity contribution in [1.29, 1.82) is 0 Å². The Morgan fingerprint density at radius 1 is 1.16 bits per heavy atom. The van der Waals surface area contributed by atoms with Crippen molar-refractivity contribution in [3.8, 4) is 5.75 Å². The van der Waals surface area contributed by atoms with Crippen LogP contribution in [0.3, 0.4) is 0 Å². The van der Waals surface area contributed by atoms with Crippen LogP contribution in [0.5, 0.6) is 5.75 Å². The van der Waals surface area contributed by atoms with Crippen LogP contribution in [0.1, 0.15) is 35.8 Å². The van der Waals surface area contributed by atoms with E-state index >= 15 is 0 Å². The first-order chi connectivity index (χ1) is 15.4. The summed E-state index contributed by atoms with van der Waals surface area (Å²) < 4.78 is 5.16. The Labute approximate surface area is 192 Å². The molecule has 2 heterocycles. The molecule has 0 bridgehead atoms. The predicted octanol–water partition coefficient (Wildman–Crippen LogP) is 4.63. The minimum absolute atomic E-state index is 0.00705. The van der Waals surface area contributed by atoms with Crippen molar-refractivity contribution in [2.24, 2.45) is 11.8 Å². The number of H-pyrrole nitrogens is 1. The smallest absolute Gasteiger partial charge is 0.270 e. The van der Waals surface area contributed by atoms with Crippen molar-refractivity contribution >= 4 is 34.3 Å². The number of nitrogens with zero attached hydrogens (tertiary/aromatic N) is 1. The van der Waals surface area contributed by atoms with E-state index < -0.39 is 0 Å². The number of benzene rings is 2. The van der Waals surface area contributed by atoms with Crippen LogP contribution in [0.15, 0.2) is 48.5 Å². The van der Waals surface area contributed by atoms with Crippen molar-refractivity contribution in [3.05, 3.63) is 64.8 Å². The van der Waals surface area contributed by atoms with E-state index in [0.29, 0.717) is 30.4 Å². The Hall–Kier alpha value is -2.99. The molecule has 0 saturated carbocycles. The molecule has 2 N–H and O–H groups in total. The highest BCUT2D eigenvalue weighted by molar-refractivity contribution is 6.31. The fraction of sp³-hybridized carbons (Fsp3) is 0.360. The zero-order valence-electron chi connectivity index (χ0n) is 18.4. The Morgan fingerprint density at radius 3 is 2.56 bits per heavy atom. The molecule has 0 radical (unpaired) electrons. The van der Waals surface area contributed by atoms with E-state index in [-0.39, 0.29) is 23.7 Å². The van der Waals surface area contributed by atoms with Gasteiger partial charge in [-0.05, 0) is 60.7 Å². The van der Waals surface area contributed by atoms with E-state index in [9.17, 15) is 9.59 Å². The summed E-state index contributed by atoms with van der Waals surface area (Å²) in [6, 6.07) is 15.1. The number of piperidine rings is 1. The highest BCUT2D eigenvalue weighted by atomic mass is 35.5. The average molecular weight is 454 g/mol. The van der Waals surface area contributed by atoms with Gasteiger partial charge < -0.3 is 19.9 Å². The molecule has 1 fully saturated rings. The maximum atomic E-state index is 12.9. The van der Waals surface area contributed by atoms with Gasteiger partial charge in [-0.3, -0.25) is 9.59 Å². The number of carbonyl (C=O) groups is 2. The zero-order valence-corrected chi connectivity index (χ0v) is 19.1. The molecule has 3 aromatic rings. The molecular formula is C25H28ClN3O3. The number of halogens is 1. The van der Waals surface area contributed by atoms with Crippen LogP contribution in [-0.4, -0.2) is 41.9 Å². The number of likely N-dealkylation sites (tertiary alicyclic amines) is 1. The van der Waals surface area contributed by atoms with Gasteiger partial charge >= 0.3 is 0 Å². The number of hydrogen-bond acceptors (Lipinski definition) is 3. The molecule has 0 spiro atoms. The lowest BCUT2D eigenvalue weighted by molar-refractivity contribution is -0.126. The molecule has 2 amide bonds. The second-order valence-electron chi connectivity index (χ2n) is 8.40. The Bertz CT molecular complexity index is 1100. The Kier molecular flexibility index (Phi) is 6.70. The van der Waals surface area contributed by atoms with E-state index in [0.717, 1.165) is 35.1 Å². The molecule has 2 aromatic carbocycles. The number of nitrogens with one attached hydrogen (secondary N) is 2. The number of ether oxygens (including phenoxy) is 1. The van der Waals surface area contributed by atoms with Crippen molar-refractivity contribution in [2.45, 2.75) is 26.3 Å². The molecule has 4 rings (SSSR count). The summed E-state index contributed by atoms with van der Waals surface area (Å²) in [5, 5.41) is 4.61. The Morgan fingerprint density at radius 2 is 1.88 bits per heavy atom. The number of carbonyl (C=O) groups excluding carboxylic acids is 2. The fourth-order valence-corrected chi connectivity index (χ4v) is 4.48. The lowest BCUT2D eigenvalue weighted by Crippen LogP contribution is -2.42. The topological polar surface area (TPSA) is 74.4 Å². The first-order valence-electron chi connectivity index (χ1n) is 10.9. The first-order valence-corrected chi connectivity index (χ1v) is 11.3. The van der Waals surface area contributed by atoms with E-state index in [2.05, 4.69) is 10.3 Å². The summed E-state index contributed by atoms with van der Waals surface area (Å²) in [5.41, 5.74) is 2.51. The second kappa shape index (κ2) is 9.65. The molecule has 0 unspecified atom stereocenters. The molecule has 32 heavy (non-hydrogen) atoms. The van der Waals surface area contributed by atoms with Gasteiger partial charge in [0.25, 0.3) is 5.91 Å². The number of hydrogen-bond donors (Lipinski definition) is 2. The molecule has 6 nitrogen and oxygen atoms in total. The van der Waals surface area contributed by atoms with Gasteiger partial charge in [-0.1, -0.05) is 30.7 Å². The highest BCUT2D eigenvalue weighted by Crippen LogP contribution is 2.27. The number of amides is 2. The summed E-state index contributed by atoms with van der Waals surface area (Å²) in [4.78, 5) is 30.7. The summed E-state index contributed by atoms with van der Waals surface area (Å²) in [6.07, 6.45) is 1.63. The molecule has 1 atom stereocenters. The van der Waals surface area contributed by atoms with Gasteiger partial charge in [-0.25, -0.2) is 0 Å². The quantitative estimate of drug-likeness (QED) is 0.571. The number of aromatic amines is 1. The number of aromatic nitrogens is 1. The molecule has 168 valence electrons. The van der Waals surface area contributed by atoms with Crippen LogP contribution in [0.2, 0.25) is 5.02 Å². The van der Waals surface area contributed by atoms with E-state index in [1.807, 2.05) is 54.3 Å². The minimum Gasteiger partial charge on any atom is -0.497 e. The molecule has 1 aliphatic rings. The molecule has 7 heteroatoms. The second-order valence-corrected chi connectivity index (χ2v) is 8.84. The van der Waals surface area contributed by atoms with Crippen molar-refractivity contribution in [3.63, 3.8) is 0 Å². The van der Waals surface area contributed by atoms with E-state index in [4.69, 9.17) is 16.3 Å². The van der Waals surface area contributed by atoms with Crippen LogP contribution >= 0.6 is 11.6 Å². The lowest BCUT2D eigenvalue weighted by Gasteiger charge is -2.34. The van der Waals surface area contributed by atoms with Gasteiger partial charge in [0.05, 0.1) is 7.11 Å². The predicted molar refractivity (Wildman–Crippen MR) is 126 cm³/mol. The van der Waals surface area contributed by atoms with Gasteiger partial charge in [0.1, 0.15) is 11.4 Å². The van der Waals surface area contributed by atoms with Crippen LogP contribution in [-0.2, 0) is 11.3 Å². The van der Waals surface area contributed by atoms with Gasteiger partial charge in [0, 0.05) is 41.5 Å². The summed E-state index contributed by atoms with van der Waals surface area (Å²) in [6.45, 7) is 3.77. The number of rotatable bonds is 6. The summed E-state index contributed by atoms with van der Waals surface area (Å²) in [7, 11) is 1.63. The molecule has 0 aliphatic carbocycles. The van der Waals surface area contributed by atoms with Crippen LogP contribution in [0.4, 0.5) is 0 Å². The van der Waals surface area contributed by atoms with Gasteiger partial charge in [-0.2, -0.15) is 0 Å². The van der Waals surface area contributed by atoms with Crippen LogP contribution in [0, 0.1) is 11.8 Å². The third kappa shape index (κ3) is 4.91. The van der Waals surface area contributed by atoms with Crippen molar-refractivity contribution < 1.29 is 14.3 Å². The van der Waals surface area contributed by atoms with E-state index in [1.54, 1.807) is 13.2 Å². The molecule has 1 aliphatic heterocycles. The highest BCUT2D eigenvalue weighted by Gasteiger charge is 2.30. The SMILES string of the molecule is COc1ccc(CNC(=O)[C@H](C)C2CCN(C(=O)c3cc4cc(Cl)ccc4[nH]3)CC2)cc1. The normalized spacial score (nSPS) is 15.5. The Balaban J connectivity index is 1.28. The van der Waals surface area contributed by atoms with Crippen molar-refractivity contribution in [2.75, 3.05) is 20.2 Å². The van der Waals surface area contributed by atoms with Gasteiger partial charge in [0.2, 0.25) is 5.91 Å². The number of fused-ring (bicyclic) bond motifs is 1. The standard InChI is InChI=1S/C25H28ClN3O3/c1-16(24(30)27-15-17-3-6-21(32-2)7-4-17)18-9-11-29(12-10-18)25(31)23-14-19-13-20(26)5-8-22(19)28-23/h3-8,13-14,16,18,28H,9-12,15H2,1-2H3,(H,27,30)/t16-/m1/s1. The summed E-state index contributed by atoms with van der Waals surface area (Å²) >= 11 is 6.05. The maximum absolute atomic E-state index is 12.9. The summed E-state index contributed by atoms with van der Waals surface area (Å²) in [5.74, 6) is 1.01. The minimum atomic E-state index is -0.0966. The van der Waals surface area contributed by atoms with Crippen LogP contribution < -0.4 is 10.1 Å². The molecular weight excluding hydrogens is 426 g/mol. The van der Waals surface area contributed by atoms with Gasteiger partial charge in [0.15, 0.2) is 0 Å². The molecule has 1 saturated heterocycles. The fourth-order valence-electron chi connectivity index (χ4n) is 4.30. The largest absolute Gasteiger partial charge is 0.497 e. The van der Waals surface area contributed by atoms with E-state index in [1.165, 1.54) is 0 Å². The van der Waals surface area contributed by atoms with Crippen molar-refractivity contribution in [1.82, 2.24) is 15.2 Å². The van der Waals surface area contributed by atoms with Gasteiger partial charge in [-0.15, -0.1) is 0 Å². The third-order valence-electron chi connectivity index (χ3n) is 6.39. The first kappa shape index (κ1) is 22.2. The maximum Gasteiger partial charge on any atom is 0.270 e. The molecule has 1 aromatic heterocycles. The van der Waals surface area contributed by atoms with Crippen LogP contribution in [0.25, 0.3) is 10.9 Å². The lowest BCUT2D eigenvalue weighted by atomic mass is 9.84. The average Bonchev–Trinajstić information content (AvgIpc) is 3.25. The zero-order chi connectivity index (χ0) is 22.7. The third-order valence-corrected chi connectivity index (χ3v) is 6.62. The monoisotopic (exact) mass is 453 g/mol.